The summed E-state index contributed by atoms with van der Waals surface area (Å²) in [7, 11) is 1.86. The fraction of sp³-hybridized carbons (Fsp3) is 0.154. The molecule has 0 saturated heterocycles. The Bertz CT molecular complexity index is 1390. The molecule has 9 heteroatoms. The molecule has 0 aliphatic carbocycles. The van der Waals surface area contributed by atoms with Crippen LogP contribution in [-0.4, -0.2) is 38.9 Å². The number of aromatic nitrogens is 3. The summed E-state index contributed by atoms with van der Waals surface area (Å²) in [6, 6.07) is 20.6. The van der Waals surface area contributed by atoms with Crippen LogP contribution in [0.25, 0.3) is 11.4 Å². The maximum Gasteiger partial charge on any atom is 0.255 e. The van der Waals surface area contributed by atoms with E-state index in [0.717, 1.165) is 17.7 Å². The van der Waals surface area contributed by atoms with Crippen molar-refractivity contribution >= 4 is 35.0 Å². The average molecular weight is 488 g/mol. The summed E-state index contributed by atoms with van der Waals surface area (Å²) < 4.78 is 14.9. The molecule has 2 heterocycles. The number of nitrogens with zero attached hydrogens (tertiary/aromatic N) is 4. The summed E-state index contributed by atoms with van der Waals surface area (Å²) in [6.07, 6.45) is 0.876. The zero-order valence-electron chi connectivity index (χ0n) is 18.9. The summed E-state index contributed by atoms with van der Waals surface area (Å²) >= 11 is 1.36. The summed E-state index contributed by atoms with van der Waals surface area (Å²) in [4.78, 5) is 27.0. The molecule has 1 aliphatic heterocycles. The Kier molecular flexibility index (Phi) is 6.33. The summed E-state index contributed by atoms with van der Waals surface area (Å²) in [5, 5.41) is 12.0. The number of carbonyl (C=O) groups excluding carboxylic acids is 2. The summed E-state index contributed by atoms with van der Waals surface area (Å²) in [5.74, 6) is 0.265. The van der Waals surface area contributed by atoms with Gasteiger partial charge in [-0.3, -0.25) is 9.59 Å². The van der Waals surface area contributed by atoms with E-state index in [2.05, 4.69) is 21.6 Å². The maximum atomic E-state index is 13.1. The molecule has 0 spiro atoms. The van der Waals surface area contributed by atoms with Crippen LogP contribution in [0.2, 0.25) is 0 Å². The number of amides is 2. The Morgan fingerprint density at radius 1 is 1.00 bits per heavy atom. The van der Waals surface area contributed by atoms with Crippen LogP contribution in [0.5, 0.6) is 0 Å². The predicted octanol–water partition coefficient (Wildman–Crippen LogP) is 4.55. The smallest absolute Gasteiger partial charge is 0.255 e. The molecule has 35 heavy (non-hydrogen) atoms. The molecule has 176 valence electrons. The highest BCUT2D eigenvalue weighted by atomic mass is 32.2. The fourth-order valence-electron chi connectivity index (χ4n) is 4.00. The Balaban J connectivity index is 1.22. The highest BCUT2D eigenvalue weighted by Crippen LogP contribution is 2.29. The second-order valence-electron chi connectivity index (χ2n) is 8.12. The van der Waals surface area contributed by atoms with E-state index < -0.39 is 5.82 Å². The van der Waals surface area contributed by atoms with E-state index in [4.69, 9.17) is 0 Å². The van der Waals surface area contributed by atoms with Crippen LogP contribution in [0.4, 0.5) is 15.8 Å². The molecule has 5 rings (SSSR count). The van der Waals surface area contributed by atoms with E-state index in [1.807, 2.05) is 46.8 Å². The first-order chi connectivity index (χ1) is 17.0. The van der Waals surface area contributed by atoms with Gasteiger partial charge in [-0.05, 0) is 66.6 Å². The van der Waals surface area contributed by atoms with Gasteiger partial charge in [0, 0.05) is 36.1 Å². The summed E-state index contributed by atoms with van der Waals surface area (Å²) in [6.45, 7) is 0.701. The number of rotatable bonds is 6. The first-order valence-corrected chi connectivity index (χ1v) is 12.1. The molecule has 1 aromatic heterocycles. The lowest BCUT2D eigenvalue weighted by Gasteiger charge is -2.16. The zero-order valence-corrected chi connectivity index (χ0v) is 19.8. The molecular weight excluding hydrogens is 465 g/mol. The van der Waals surface area contributed by atoms with Crippen molar-refractivity contribution in [3.05, 3.63) is 89.7 Å². The third-order valence-corrected chi connectivity index (χ3v) is 6.86. The van der Waals surface area contributed by atoms with Crippen LogP contribution >= 0.6 is 11.8 Å². The van der Waals surface area contributed by atoms with Crippen LogP contribution in [0.15, 0.2) is 78.0 Å². The maximum absolute atomic E-state index is 13.1. The van der Waals surface area contributed by atoms with Gasteiger partial charge in [0.15, 0.2) is 11.0 Å². The van der Waals surface area contributed by atoms with Crippen molar-refractivity contribution in [1.29, 1.82) is 0 Å². The van der Waals surface area contributed by atoms with E-state index in [1.165, 1.54) is 41.6 Å². The van der Waals surface area contributed by atoms with Crippen molar-refractivity contribution in [2.24, 2.45) is 7.05 Å². The van der Waals surface area contributed by atoms with Gasteiger partial charge in [0.05, 0.1) is 5.75 Å². The van der Waals surface area contributed by atoms with Crippen molar-refractivity contribution in [3.63, 3.8) is 0 Å². The topological polar surface area (TPSA) is 80.1 Å². The first kappa shape index (κ1) is 22.8. The number of halogens is 1. The molecule has 3 aromatic carbocycles. The number of thioether (sulfide) groups is 1. The highest BCUT2D eigenvalue weighted by molar-refractivity contribution is 7.99. The molecule has 0 radical (unpaired) electrons. The minimum absolute atomic E-state index is 0.0470. The van der Waals surface area contributed by atoms with E-state index in [0.29, 0.717) is 28.8 Å². The molecule has 2 amide bonds. The van der Waals surface area contributed by atoms with Gasteiger partial charge in [-0.25, -0.2) is 4.39 Å². The van der Waals surface area contributed by atoms with Crippen molar-refractivity contribution in [3.8, 4) is 11.4 Å². The largest absolute Gasteiger partial charge is 0.322 e. The molecule has 0 atom stereocenters. The quantitative estimate of drug-likeness (QED) is 0.404. The number of fused-ring (bicyclic) bond motifs is 1. The van der Waals surface area contributed by atoms with Gasteiger partial charge in [0.2, 0.25) is 5.91 Å². The molecule has 0 saturated carbocycles. The number of hydrogen-bond acceptors (Lipinski definition) is 5. The van der Waals surface area contributed by atoms with Crippen LogP contribution in [0, 0.1) is 5.82 Å². The van der Waals surface area contributed by atoms with E-state index in [9.17, 15) is 14.0 Å². The molecule has 0 fully saturated rings. The van der Waals surface area contributed by atoms with Crippen LogP contribution < -0.4 is 10.2 Å². The van der Waals surface area contributed by atoms with Crippen molar-refractivity contribution in [1.82, 2.24) is 14.8 Å². The van der Waals surface area contributed by atoms with Gasteiger partial charge in [0.1, 0.15) is 5.82 Å². The lowest BCUT2D eigenvalue weighted by atomic mass is 10.1. The number of anilines is 2. The lowest BCUT2D eigenvalue weighted by Crippen LogP contribution is -2.30. The Hall–Kier alpha value is -3.98. The second kappa shape index (κ2) is 9.71. The van der Waals surface area contributed by atoms with Crippen LogP contribution in [0.1, 0.15) is 15.9 Å². The number of para-hydroxylation sites is 1. The molecule has 7 nitrogen and oxygen atoms in total. The Morgan fingerprint density at radius 3 is 2.51 bits per heavy atom. The Labute approximate surface area is 206 Å². The number of nitrogens with one attached hydrogen (secondary N) is 1. The number of carbonyl (C=O) groups is 2. The Morgan fingerprint density at radius 2 is 1.74 bits per heavy atom. The minimum atomic E-state index is -0.391. The van der Waals surface area contributed by atoms with Gasteiger partial charge in [-0.15, -0.1) is 10.2 Å². The predicted molar refractivity (Wildman–Crippen MR) is 134 cm³/mol. The first-order valence-electron chi connectivity index (χ1n) is 11.1. The third kappa shape index (κ3) is 4.81. The standard InChI is InChI=1S/C26H22FN5O2S/c1-31-24(18-8-12-21(13-9-18)28-25(34)19-6-10-20(27)11-7-19)29-30-26(31)35-16-23(33)32-15-14-17-4-2-3-5-22(17)32/h2-13H,14-16H2,1H3,(H,28,34). The monoisotopic (exact) mass is 487 g/mol. The van der Waals surface area contributed by atoms with Gasteiger partial charge in [0.25, 0.3) is 5.91 Å². The zero-order chi connectivity index (χ0) is 24.4. The van der Waals surface area contributed by atoms with Gasteiger partial charge >= 0.3 is 0 Å². The van der Waals surface area contributed by atoms with Crippen molar-refractivity contribution in [2.45, 2.75) is 11.6 Å². The highest BCUT2D eigenvalue weighted by Gasteiger charge is 2.24. The lowest BCUT2D eigenvalue weighted by molar-refractivity contribution is -0.116. The molecular formula is C26H22FN5O2S. The van der Waals surface area contributed by atoms with Gasteiger partial charge in [-0.1, -0.05) is 30.0 Å². The van der Waals surface area contributed by atoms with Crippen molar-refractivity contribution < 1.29 is 14.0 Å². The van der Waals surface area contributed by atoms with E-state index >= 15 is 0 Å². The van der Waals surface area contributed by atoms with E-state index in [1.54, 1.807) is 12.1 Å². The molecule has 1 N–H and O–H groups in total. The van der Waals surface area contributed by atoms with Crippen molar-refractivity contribution in [2.75, 3.05) is 22.5 Å². The number of hydrogen-bond donors (Lipinski definition) is 1. The van der Waals surface area contributed by atoms with Gasteiger partial charge < -0.3 is 14.8 Å². The summed E-state index contributed by atoms with van der Waals surface area (Å²) in [5.41, 5.74) is 3.99. The van der Waals surface area contributed by atoms with Gasteiger partial charge in [-0.2, -0.15) is 0 Å². The van der Waals surface area contributed by atoms with Crippen LogP contribution in [-0.2, 0) is 18.3 Å². The second-order valence-corrected chi connectivity index (χ2v) is 9.06. The molecule has 0 unspecified atom stereocenters. The van der Waals surface area contributed by atoms with E-state index in [-0.39, 0.29) is 17.6 Å². The van der Waals surface area contributed by atoms with Crippen LogP contribution in [0.3, 0.4) is 0 Å². The molecule has 0 bridgehead atoms. The average Bonchev–Trinajstić information content (AvgIpc) is 3.47. The fourth-order valence-corrected chi connectivity index (χ4v) is 4.79. The normalized spacial score (nSPS) is 12.5. The minimum Gasteiger partial charge on any atom is -0.322 e. The molecule has 4 aromatic rings. The number of benzene rings is 3. The molecule has 1 aliphatic rings. The SMILES string of the molecule is Cn1c(SCC(=O)N2CCc3ccccc32)nnc1-c1ccc(NC(=O)c2ccc(F)cc2)cc1. The third-order valence-electron chi connectivity index (χ3n) is 5.86.